The Morgan fingerprint density at radius 2 is 1.81 bits per heavy atom. The van der Waals surface area contributed by atoms with E-state index in [4.69, 9.17) is 0 Å². The molecular weight excluding hydrogens is 367 g/mol. The summed E-state index contributed by atoms with van der Waals surface area (Å²) in [6.07, 6.45) is -0.824. The van der Waals surface area contributed by atoms with Crippen molar-refractivity contribution in [2.45, 2.75) is 18.0 Å². The van der Waals surface area contributed by atoms with Crippen LogP contribution in [0.4, 0.5) is 13.2 Å². The molecule has 0 amide bonds. The number of aromatic nitrogens is 3. The van der Waals surface area contributed by atoms with Crippen molar-refractivity contribution in [3.8, 4) is 22.6 Å². The molecule has 0 fully saturated rings. The molecule has 0 aliphatic heterocycles. The summed E-state index contributed by atoms with van der Waals surface area (Å²) in [7, 11) is -3.75. The second-order valence-electron chi connectivity index (χ2n) is 5.42. The fourth-order valence-electron chi connectivity index (χ4n) is 2.64. The lowest BCUT2D eigenvalue weighted by molar-refractivity contribution is -0.137. The van der Waals surface area contributed by atoms with Gasteiger partial charge in [0.15, 0.2) is 15.7 Å². The first kappa shape index (κ1) is 18.1. The van der Waals surface area contributed by atoms with E-state index in [1.165, 1.54) is 43.6 Å². The summed E-state index contributed by atoms with van der Waals surface area (Å²) in [6.45, 7) is 1.44. The van der Waals surface area contributed by atoms with Crippen LogP contribution in [0.3, 0.4) is 0 Å². The number of sulfone groups is 1. The number of rotatable bonds is 4. The fourth-order valence-corrected chi connectivity index (χ4v) is 3.75. The SMILES string of the molecule is CCS(=O)(=O)c1ccccc1-c1c(C(F)(F)F)ccnc1-c1ncc[nH]1. The van der Waals surface area contributed by atoms with Crippen molar-refractivity contribution in [2.75, 3.05) is 5.75 Å². The zero-order valence-electron chi connectivity index (χ0n) is 13.6. The number of hydrogen-bond donors (Lipinski definition) is 1. The van der Waals surface area contributed by atoms with Gasteiger partial charge in [0.25, 0.3) is 0 Å². The zero-order valence-corrected chi connectivity index (χ0v) is 14.4. The molecule has 5 nitrogen and oxygen atoms in total. The number of hydrogen-bond acceptors (Lipinski definition) is 4. The zero-order chi connectivity index (χ0) is 18.9. The fraction of sp³-hybridized carbons (Fsp3) is 0.176. The van der Waals surface area contributed by atoms with E-state index < -0.39 is 21.6 Å². The summed E-state index contributed by atoms with van der Waals surface area (Å²) in [4.78, 5) is 10.6. The van der Waals surface area contributed by atoms with E-state index in [1.54, 1.807) is 0 Å². The third-order valence-electron chi connectivity index (χ3n) is 3.85. The third kappa shape index (κ3) is 3.22. The van der Waals surface area contributed by atoms with Crippen LogP contribution in [0.25, 0.3) is 22.6 Å². The summed E-state index contributed by atoms with van der Waals surface area (Å²) >= 11 is 0. The monoisotopic (exact) mass is 381 g/mol. The van der Waals surface area contributed by atoms with E-state index in [0.29, 0.717) is 0 Å². The predicted octanol–water partition coefficient (Wildman–Crippen LogP) is 3.95. The van der Waals surface area contributed by atoms with E-state index in [1.807, 2.05) is 0 Å². The Hall–Kier alpha value is -2.68. The van der Waals surface area contributed by atoms with Gasteiger partial charge >= 0.3 is 6.18 Å². The minimum atomic E-state index is -4.69. The van der Waals surface area contributed by atoms with Crippen molar-refractivity contribution in [1.82, 2.24) is 15.0 Å². The van der Waals surface area contributed by atoms with Crippen LogP contribution in [-0.4, -0.2) is 29.1 Å². The Bertz CT molecular complexity index is 1030. The lowest BCUT2D eigenvalue weighted by Crippen LogP contribution is -2.12. The highest BCUT2D eigenvalue weighted by Gasteiger charge is 2.37. The summed E-state index contributed by atoms with van der Waals surface area (Å²) in [5.41, 5.74) is -1.41. The van der Waals surface area contributed by atoms with Gasteiger partial charge in [0.2, 0.25) is 0 Å². The molecule has 2 aromatic heterocycles. The lowest BCUT2D eigenvalue weighted by atomic mass is 9.97. The second-order valence-corrected chi connectivity index (χ2v) is 7.66. The maximum atomic E-state index is 13.7. The van der Waals surface area contributed by atoms with Gasteiger partial charge in [-0.05, 0) is 12.1 Å². The van der Waals surface area contributed by atoms with Crippen LogP contribution < -0.4 is 0 Å². The van der Waals surface area contributed by atoms with Crippen LogP contribution in [0.2, 0.25) is 0 Å². The molecule has 1 N–H and O–H groups in total. The number of nitrogens with zero attached hydrogens (tertiary/aromatic N) is 2. The molecule has 0 unspecified atom stereocenters. The van der Waals surface area contributed by atoms with Gasteiger partial charge in [0, 0.05) is 29.7 Å². The number of pyridine rings is 1. The molecular formula is C17H14F3N3O2S. The van der Waals surface area contributed by atoms with Gasteiger partial charge in [-0.25, -0.2) is 13.4 Å². The molecule has 3 rings (SSSR count). The maximum Gasteiger partial charge on any atom is 0.417 e. The first-order chi connectivity index (χ1) is 12.3. The highest BCUT2D eigenvalue weighted by Crippen LogP contribution is 2.42. The van der Waals surface area contributed by atoms with Gasteiger partial charge in [-0.3, -0.25) is 4.98 Å². The molecule has 0 radical (unpaired) electrons. The normalized spacial score (nSPS) is 12.3. The number of aromatic amines is 1. The first-order valence-electron chi connectivity index (χ1n) is 7.64. The smallest absolute Gasteiger partial charge is 0.343 e. The van der Waals surface area contributed by atoms with Crippen molar-refractivity contribution in [2.24, 2.45) is 0 Å². The molecule has 136 valence electrons. The van der Waals surface area contributed by atoms with Gasteiger partial charge in [0.05, 0.1) is 16.2 Å². The van der Waals surface area contributed by atoms with Gasteiger partial charge in [-0.1, -0.05) is 25.1 Å². The summed E-state index contributed by atoms with van der Waals surface area (Å²) < 4.78 is 65.8. The molecule has 0 aliphatic rings. The van der Waals surface area contributed by atoms with Crippen LogP contribution in [0, 0.1) is 0 Å². The van der Waals surface area contributed by atoms with Crippen LogP contribution in [0.1, 0.15) is 12.5 Å². The molecule has 2 heterocycles. The second kappa shape index (κ2) is 6.56. The van der Waals surface area contributed by atoms with E-state index in [0.717, 1.165) is 12.3 Å². The molecule has 1 aromatic carbocycles. The Morgan fingerprint density at radius 1 is 1.08 bits per heavy atom. The average Bonchev–Trinajstić information content (AvgIpc) is 3.15. The van der Waals surface area contributed by atoms with Crippen molar-refractivity contribution >= 4 is 9.84 Å². The molecule has 0 aliphatic carbocycles. The largest absolute Gasteiger partial charge is 0.417 e. The minimum absolute atomic E-state index is 0.0545. The van der Waals surface area contributed by atoms with Gasteiger partial charge in [-0.2, -0.15) is 13.2 Å². The summed E-state index contributed by atoms with van der Waals surface area (Å²) in [6, 6.07) is 6.44. The van der Waals surface area contributed by atoms with Crippen molar-refractivity contribution in [1.29, 1.82) is 0 Å². The third-order valence-corrected chi connectivity index (χ3v) is 5.64. The van der Waals surface area contributed by atoms with Gasteiger partial charge in [0.1, 0.15) is 5.69 Å². The lowest BCUT2D eigenvalue weighted by Gasteiger charge is -2.18. The summed E-state index contributed by atoms with van der Waals surface area (Å²) in [5, 5.41) is 0. The molecule has 0 saturated carbocycles. The van der Waals surface area contributed by atoms with Crippen molar-refractivity contribution < 1.29 is 21.6 Å². The molecule has 0 atom stereocenters. The first-order valence-corrected chi connectivity index (χ1v) is 9.29. The Balaban J connectivity index is 2.43. The standard InChI is InChI=1S/C17H14F3N3O2S/c1-2-26(24,25)13-6-4-3-5-11(13)14-12(17(18,19)20)7-8-21-15(14)16-22-9-10-23-16/h3-10H,2H2,1H3,(H,22,23). The van der Waals surface area contributed by atoms with E-state index >= 15 is 0 Å². The predicted molar refractivity (Wildman–Crippen MR) is 90.0 cm³/mol. The van der Waals surface area contributed by atoms with Crippen LogP contribution in [-0.2, 0) is 16.0 Å². The number of halogens is 3. The Morgan fingerprint density at radius 3 is 2.42 bits per heavy atom. The number of benzene rings is 1. The maximum absolute atomic E-state index is 13.7. The highest BCUT2D eigenvalue weighted by molar-refractivity contribution is 7.91. The number of H-pyrrole nitrogens is 1. The van der Waals surface area contributed by atoms with Gasteiger partial charge in [-0.15, -0.1) is 0 Å². The van der Waals surface area contributed by atoms with Crippen LogP contribution in [0.15, 0.2) is 53.8 Å². The van der Waals surface area contributed by atoms with Crippen LogP contribution in [0.5, 0.6) is 0 Å². The molecule has 0 spiro atoms. The molecule has 0 bridgehead atoms. The molecule has 0 saturated heterocycles. The highest BCUT2D eigenvalue weighted by atomic mass is 32.2. The quantitative estimate of drug-likeness (QED) is 0.742. The Kier molecular flexibility index (Phi) is 4.57. The van der Waals surface area contributed by atoms with Crippen LogP contribution >= 0.6 is 0 Å². The van der Waals surface area contributed by atoms with E-state index in [9.17, 15) is 21.6 Å². The number of alkyl halides is 3. The van der Waals surface area contributed by atoms with Crippen molar-refractivity contribution in [3.63, 3.8) is 0 Å². The molecule has 3 aromatic rings. The van der Waals surface area contributed by atoms with Gasteiger partial charge < -0.3 is 4.98 Å². The minimum Gasteiger partial charge on any atom is -0.343 e. The molecule has 26 heavy (non-hydrogen) atoms. The van der Waals surface area contributed by atoms with E-state index in [2.05, 4.69) is 15.0 Å². The number of nitrogens with one attached hydrogen (secondary N) is 1. The van der Waals surface area contributed by atoms with E-state index in [-0.39, 0.29) is 33.3 Å². The molecule has 9 heteroatoms. The average molecular weight is 381 g/mol. The topological polar surface area (TPSA) is 75.7 Å². The Labute approximate surface area is 147 Å². The van der Waals surface area contributed by atoms with Crippen molar-refractivity contribution in [3.05, 3.63) is 54.5 Å². The summed E-state index contributed by atoms with van der Waals surface area (Å²) in [5.74, 6) is -0.114. The number of imidazole rings is 1.